The molecule has 1 saturated heterocycles. The molecule has 6 nitrogen and oxygen atoms in total. The summed E-state index contributed by atoms with van der Waals surface area (Å²) in [4.78, 5) is 15.9. The first-order valence-corrected chi connectivity index (χ1v) is 8.46. The van der Waals surface area contributed by atoms with Crippen LogP contribution in [0.3, 0.4) is 0 Å². The Morgan fingerprint density at radius 2 is 2.16 bits per heavy atom. The largest absolute Gasteiger partial charge is 0.400 e. The normalized spacial score (nSPS) is 18.8. The van der Waals surface area contributed by atoms with Gasteiger partial charge < -0.3 is 21.8 Å². The molecule has 0 bridgehead atoms. The Labute approximate surface area is 154 Å². The second-order valence-electron chi connectivity index (χ2n) is 5.61. The maximum absolute atomic E-state index is 11.1. The minimum absolute atomic E-state index is 0.0535. The van der Waals surface area contributed by atoms with Gasteiger partial charge in [-0.05, 0) is 43.8 Å². The Bertz CT molecular complexity index is 657. The highest BCUT2D eigenvalue weighted by Crippen LogP contribution is 2.26. The molecule has 1 atom stereocenters. The molecule has 2 rings (SSSR count). The van der Waals surface area contributed by atoms with Gasteiger partial charge in [-0.25, -0.2) is 0 Å². The van der Waals surface area contributed by atoms with Crippen LogP contribution in [-0.4, -0.2) is 38.0 Å². The van der Waals surface area contributed by atoms with Crippen LogP contribution in [0.4, 0.5) is 0 Å². The molecule has 0 saturated carbocycles. The molecule has 1 heterocycles. The Morgan fingerprint density at radius 1 is 1.48 bits per heavy atom. The van der Waals surface area contributed by atoms with Crippen molar-refractivity contribution in [2.75, 3.05) is 19.6 Å². The molecular weight excluding hydrogens is 338 g/mol. The van der Waals surface area contributed by atoms with Crippen molar-refractivity contribution in [3.63, 3.8) is 0 Å². The van der Waals surface area contributed by atoms with Gasteiger partial charge in [-0.2, -0.15) is 0 Å². The molecule has 1 amide bonds. The zero-order valence-electron chi connectivity index (χ0n) is 14.7. The minimum atomic E-state index is -0.0922. The number of aliphatic imine (C=N–C) groups is 1. The second-order valence-corrected chi connectivity index (χ2v) is 6.02. The van der Waals surface area contributed by atoms with Gasteiger partial charge in [0.05, 0.1) is 18.3 Å². The van der Waals surface area contributed by atoms with Crippen LogP contribution < -0.4 is 16.4 Å². The summed E-state index contributed by atoms with van der Waals surface area (Å²) in [5.74, 6) is -0.0922. The lowest BCUT2D eigenvalue weighted by molar-refractivity contribution is -0.118. The lowest BCUT2D eigenvalue weighted by atomic mass is 9.99. The molecule has 7 heteroatoms. The standard InChI is InChI=1S/C17H23ClN4O.CH3N/c1-11(13-5-3-4-6-15(13)18)22-17-10-20-8-7-14(17)16(19)9-21-12(2)23;1-2/h3-6,11,20H,7-10,19H2,1-2H3,(H,21,23);2H,1H2/b16-14-,22-17?;. The zero-order valence-corrected chi connectivity index (χ0v) is 15.5. The highest BCUT2D eigenvalue weighted by atomic mass is 35.5. The molecule has 0 radical (unpaired) electrons. The number of hydrogen-bond donors (Lipinski definition) is 4. The fraction of sp³-hybridized carbons (Fsp3) is 0.389. The molecule has 0 aromatic heterocycles. The topological polar surface area (TPSA) is 103 Å². The van der Waals surface area contributed by atoms with Gasteiger partial charge in [-0.1, -0.05) is 29.8 Å². The summed E-state index contributed by atoms with van der Waals surface area (Å²) in [6.07, 6.45) is 0.805. The molecule has 5 N–H and O–H groups in total. The molecule has 1 unspecified atom stereocenters. The molecule has 1 aromatic rings. The smallest absolute Gasteiger partial charge is 0.217 e. The number of nitrogens with one attached hydrogen (secondary N) is 3. The Morgan fingerprint density at radius 3 is 2.80 bits per heavy atom. The highest BCUT2D eigenvalue weighted by Gasteiger charge is 2.18. The number of piperidine rings is 1. The minimum Gasteiger partial charge on any atom is -0.400 e. The maximum Gasteiger partial charge on any atom is 0.217 e. The van der Waals surface area contributed by atoms with Crippen molar-refractivity contribution >= 4 is 29.9 Å². The van der Waals surface area contributed by atoms with E-state index in [-0.39, 0.29) is 11.9 Å². The molecule has 25 heavy (non-hydrogen) atoms. The van der Waals surface area contributed by atoms with Crippen LogP contribution in [0.5, 0.6) is 0 Å². The fourth-order valence-electron chi connectivity index (χ4n) is 2.58. The van der Waals surface area contributed by atoms with E-state index in [1.807, 2.05) is 31.2 Å². The van der Waals surface area contributed by atoms with Crippen molar-refractivity contribution < 1.29 is 4.79 Å². The van der Waals surface area contributed by atoms with Gasteiger partial charge in [0.15, 0.2) is 0 Å². The number of carbonyl (C=O) groups excluding carboxylic acids is 1. The number of nitrogens with zero attached hydrogens (tertiary/aromatic N) is 1. The van der Waals surface area contributed by atoms with Crippen LogP contribution in [-0.2, 0) is 4.79 Å². The van der Waals surface area contributed by atoms with Gasteiger partial charge in [-0.15, -0.1) is 0 Å². The fourth-order valence-corrected chi connectivity index (χ4v) is 2.88. The summed E-state index contributed by atoms with van der Waals surface area (Å²) in [7, 11) is 0. The van der Waals surface area contributed by atoms with E-state index in [1.54, 1.807) is 0 Å². The van der Waals surface area contributed by atoms with Gasteiger partial charge in [0, 0.05) is 24.2 Å². The van der Waals surface area contributed by atoms with E-state index >= 15 is 0 Å². The number of carbonyl (C=O) groups is 1. The number of nitrogens with two attached hydrogens (primary N) is 1. The van der Waals surface area contributed by atoms with E-state index in [2.05, 4.69) is 17.4 Å². The molecule has 1 aliphatic rings. The van der Waals surface area contributed by atoms with Gasteiger partial charge >= 0.3 is 0 Å². The van der Waals surface area contributed by atoms with Crippen LogP contribution in [0.1, 0.15) is 31.9 Å². The van der Waals surface area contributed by atoms with Gasteiger partial charge in [0.1, 0.15) is 0 Å². The summed E-state index contributed by atoms with van der Waals surface area (Å²) >= 11 is 6.25. The number of halogens is 1. The molecule has 136 valence electrons. The highest BCUT2D eigenvalue weighted by molar-refractivity contribution is 6.31. The van der Waals surface area contributed by atoms with Crippen molar-refractivity contribution in [2.45, 2.75) is 26.3 Å². The maximum atomic E-state index is 11.1. The average Bonchev–Trinajstić information content (AvgIpc) is 2.62. The molecule has 0 aliphatic carbocycles. The van der Waals surface area contributed by atoms with Crippen molar-refractivity contribution in [2.24, 2.45) is 10.7 Å². The van der Waals surface area contributed by atoms with Gasteiger partial charge in [0.2, 0.25) is 5.91 Å². The number of hydrogen-bond acceptors (Lipinski definition) is 5. The van der Waals surface area contributed by atoms with Crippen molar-refractivity contribution in [3.05, 3.63) is 46.1 Å². The van der Waals surface area contributed by atoms with Crippen molar-refractivity contribution in [1.82, 2.24) is 10.6 Å². The molecular formula is C18H26ClN5O. The van der Waals surface area contributed by atoms with Crippen LogP contribution >= 0.6 is 11.6 Å². The number of benzene rings is 1. The SMILES string of the molecule is C=N.CC(=O)NC/C(N)=C1\CCNCC1=NC(C)c1ccccc1Cl. The monoisotopic (exact) mass is 363 g/mol. The summed E-state index contributed by atoms with van der Waals surface area (Å²) < 4.78 is 0. The Balaban J connectivity index is 0.00000151. The number of rotatable bonds is 4. The Kier molecular flexibility index (Phi) is 8.88. The molecule has 0 spiro atoms. The zero-order chi connectivity index (χ0) is 18.8. The first-order chi connectivity index (χ1) is 12.0. The van der Waals surface area contributed by atoms with Gasteiger partial charge in [0.25, 0.3) is 0 Å². The van der Waals surface area contributed by atoms with E-state index in [0.29, 0.717) is 23.8 Å². The quantitative estimate of drug-likeness (QED) is 0.617. The molecule has 1 aliphatic heterocycles. The first-order valence-electron chi connectivity index (χ1n) is 8.08. The third-order valence-corrected chi connectivity index (χ3v) is 4.16. The van der Waals surface area contributed by atoms with Crippen LogP contribution in [0, 0.1) is 5.41 Å². The average molecular weight is 364 g/mol. The first kappa shape index (κ1) is 20.9. The predicted molar refractivity (Wildman–Crippen MR) is 105 cm³/mol. The third kappa shape index (κ3) is 6.32. The number of amides is 1. The van der Waals surface area contributed by atoms with Gasteiger partial charge in [-0.3, -0.25) is 9.79 Å². The van der Waals surface area contributed by atoms with E-state index in [9.17, 15) is 4.79 Å². The second kappa shape index (κ2) is 10.6. The Hall–Kier alpha value is -2.18. The lowest BCUT2D eigenvalue weighted by Gasteiger charge is -2.22. The summed E-state index contributed by atoms with van der Waals surface area (Å²) in [5.41, 5.74) is 9.79. The lowest BCUT2D eigenvalue weighted by Crippen LogP contribution is -2.36. The van der Waals surface area contributed by atoms with Crippen molar-refractivity contribution in [3.8, 4) is 0 Å². The van der Waals surface area contributed by atoms with E-state index < -0.39 is 0 Å². The summed E-state index contributed by atoms with van der Waals surface area (Å²) in [5, 5.41) is 12.3. The summed E-state index contributed by atoms with van der Waals surface area (Å²) in [6, 6.07) is 7.66. The van der Waals surface area contributed by atoms with Crippen LogP contribution in [0.15, 0.2) is 40.5 Å². The van der Waals surface area contributed by atoms with Crippen LogP contribution in [0.2, 0.25) is 5.02 Å². The van der Waals surface area contributed by atoms with Crippen molar-refractivity contribution in [1.29, 1.82) is 5.41 Å². The van der Waals surface area contributed by atoms with E-state index in [0.717, 1.165) is 29.8 Å². The van der Waals surface area contributed by atoms with E-state index in [4.69, 9.17) is 27.7 Å². The molecule has 1 aromatic carbocycles. The molecule has 1 fully saturated rings. The van der Waals surface area contributed by atoms with E-state index in [1.165, 1.54) is 6.92 Å². The third-order valence-electron chi connectivity index (χ3n) is 3.81. The van der Waals surface area contributed by atoms with Crippen LogP contribution in [0.25, 0.3) is 0 Å². The summed E-state index contributed by atoms with van der Waals surface area (Å²) in [6.45, 7) is 7.88. The predicted octanol–water partition coefficient (Wildman–Crippen LogP) is 2.45.